The maximum atomic E-state index is 14.4. The van der Waals surface area contributed by atoms with Crippen LogP contribution in [0.25, 0.3) is 0 Å². The first-order chi connectivity index (χ1) is 22.1. The number of Topliss-reactive ketones (excluding diaryl/α,β-unsaturated/α-hetero) is 1. The second-order valence-electron chi connectivity index (χ2n) is 15.9. The highest BCUT2D eigenvalue weighted by molar-refractivity contribution is 6.37. The Morgan fingerprint density at radius 1 is 0.938 bits per heavy atom. The molecule has 5 atom stereocenters. The summed E-state index contributed by atoms with van der Waals surface area (Å²) in [6.07, 6.45) is 4.72. The number of nitrogens with zero attached hydrogens (tertiary/aromatic N) is 2. The number of hydrogen-bond donors (Lipinski definition) is 4. The molecule has 0 aromatic rings. The standard InChI is InChI=1S/C35H58N6O7/c1-11-13-15-22(27(44)29(36)45)37-30(46)26-21(35(9,10)12-2)18-19-40(26)31(47)28(34(6,7)8)39-32(48)38-23(33(3,4)5)20-41-24(42)16-14-17-25(41)43/h12,21-23,26,28H,2,11,13-20H2,1,3-10H3,(H2,36,45)(H,37,46)(H2,38,39,48)/t21-,22?,23+,26-,28+/m0/s1. The highest BCUT2D eigenvalue weighted by Gasteiger charge is 2.50. The summed E-state index contributed by atoms with van der Waals surface area (Å²) in [5, 5.41) is 8.44. The zero-order valence-electron chi connectivity index (χ0n) is 30.4. The van der Waals surface area contributed by atoms with Gasteiger partial charge in [0.2, 0.25) is 29.4 Å². The molecule has 2 aliphatic rings. The molecule has 2 saturated heterocycles. The van der Waals surface area contributed by atoms with Crippen molar-refractivity contribution >= 4 is 41.4 Å². The molecule has 0 spiro atoms. The number of carbonyl (C=O) groups excluding carboxylic acids is 7. The fraction of sp³-hybridized carbons (Fsp3) is 0.743. The van der Waals surface area contributed by atoms with E-state index in [9.17, 15) is 33.6 Å². The predicted octanol–water partition coefficient (Wildman–Crippen LogP) is 2.81. The van der Waals surface area contributed by atoms with E-state index >= 15 is 0 Å². The Kier molecular flexibility index (Phi) is 13.5. The van der Waals surface area contributed by atoms with Crippen molar-refractivity contribution < 1.29 is 33.6 Å². The summed E-state index contributed by atoms with van der Waals surface area (Å²) in [6, 6.07) is -4.51. The summed E-state index contributed by atoms with van der Waals surface area (Å²) in [5.74, 6) is -4.07. The Morgan fingerprint density at radius 3 is 2.00 bits per heavy atom. The normalized spacial score (nSPS) is 20.9. The molecule has 0 bridgehead atoms. The summed E-state index contributed by atoms with van der Waals surface area (Å²) in [5.41, 5.74) is 3.36. The highest BCUT2D eigenvalue weighted by Crippen LogP contribution is 2.41. The van der Waals surface area contributed by atoms with Crippen LogP contribution in [0.3, 0.4) is 0 Å². The van der Waals surface area contributed by atoms with Gasteiger partial charge in [0.15, 0.2) is 0 Å². The second-order valence-corrected chi connectivity index (χ2v) is 15.9. The smallest absolute Gasteiger partial charge is 0.315 e. The lowest BCUT2D eigenvalue weighted by Crippen LogP contribution is -2.63. The molecule has 0 radical (unpaired) electrons. The summed E-state index contributed by atoms with van der Waals surface area (Å²) >= 11 is 0. The number of primary amides is 1. The lowest BCUT2D eigenvalue weighted by molar-refractivity contribution is -0.148. The van der Waals surface area contributed by atoms with E-state index in [2.05, 4.69) is 22.5 Å². The number of ketones is 1. The Labute approximate surface area is 285 Å². The van der Waals surface area contributed by atoms with Crippen molar-refractivity contribution in [3.8, 4) is 0 Å². The molecule has 2 heterocycles. The highest BCUT2D eigenvalue weighted by atomic mass is 16.2. The van der Waals surface area contributed by atoms with Gasteiger partial charge in [-0.3, -0.25) is 33.7 Å². The molecule has 48 heavy (non-hydrogen) atoms. The molecule has 2 aliphatic heterocycles. The van der Waals surface area contributed by atoms with Crippen LogP contribution >= 0.6 is 0 Å². The zero-order chi connectivity index (χ0) is 36.8. The van der Waals surface area contributed by atoms with Crippen molar-refractivity contribution in [2.75, 3.05) is 13.1 Å². The van der Waals surface area contributed by atoms with Crippen LogP contribution in [0.5, 0.6) is 0 Å². The van der Waals surface area contributed by atoms with Crippen LogP contribution in [-0.2, 0) is 28.8 Å². The third kappa shape index (κ3) is 10.1. The Bertz CT molecular complexity index is 1250. The van der Waals surface area contributed by atoms with Crippen LogP contribution in [0.2, 0.25) is 0 Å². The van der Waals surface area contributed by atoms with Gasteiger partial charge in [-0.15, -0.1) is 6.58 Å². The molecule has 270 valence electrons. The Hall–Kier alpha value is -3.77. The fourth-order valence-electron chi connectivity index (χ4n) is 6.27. The van der Waals surface area contributed by atoms with E-state index in [4.69, 9.17) is 5.73 Å². The van der Waals surface area contributed by atoms with Crippen LogP contribution < -0.4 is 21.7 Å². The van der Waals surface area contributed by atoms with Crippen molar-refractivity contribution in [1.82, 2.24) is 25.8 Å². The van der Waals surface area contributed by atoms with Gasteiger partial charge >= 0.3 is 6.03 Å². The van der Waals surface area contributed by atoms with E-state index in [1.54, 1.807) is 26.8 Å². The minimum absolute atomic E-state index is 0.00136. The number of piperidine rings is 1. The number of nitrogens with one attached hydrogen (secondary N) is 3. The average Bonchev–Trinajstić information content (AvgIpc) is 3.44. The number of hydrogen-bond acceptors (Lipinski definition) is 7. The van der Waals surface area contributed by atoms with E-state index in [0.717, 1.165) is 6.42 Å². The van der Waals surface area contributed by atoms with Gasteiger partial charge < -0.3 is 26.6 Å². The number of carbonyl (C=O) groups is 7. The van der Waals surface area contributed by atoms with Gasteiger partial charge in [0, 0.05) is 25.9 Å². The van der Waals surface area contributed by atoms with Crippen LogP contribution in [0.15, 0.2) is 12.7 Å². The monoisotopic (exact) mass is 674 g/mol. The van der Waals surface area contributed by atoms with Gasteiger partial charge in [-0.2, -0.15) is 0 Å². The first-order valence-corrected chi connectivity index (χ1v) is 17.0. The fourth-order valence-corrected chi connectivity index (χ4v) is 6.27. The molecule has 0 aliphatic carbocycles. The zero-order valence-corrected chi connectivity index (χ0v) is 30.4. The van der Waals surface area contributed by atoms with E-state index in [0.29, 0.717) is 19.3 Å². The van der Waals surface area contributed by atoms with E-state index < -0.39 is 69.9 Å². The number of rotatable bonds is 14. The largest absolute Gasteiger partial charge is 0.363 e. The molecule has 13 heteroatoms. The Morgan fingerprint density at radius 2 is 1.52 bits per heavy atom. The number of allylic oxidation sites excluding steroid dienone is 1. The number of unbranched alkanes of at least 4 members (excludes halogenated alkanes) is 1. The lowest BCUT2D eigenvalue weighted by Gasteiger charge is -2.40. The molecule has 2 fully saturated rings. The summed E-state index contributed by atoms with van der Waals surface area (Å²) in [7, 11) is 0. The minimum atomic E-state index is -1.15. The number of amides is 7. The molecular weight excluding hydrogens is 616 g/mol. The van der Waals surface area contributed by atoms with Crippen LogP contribution in [-0.4, -0.2) is 88.4 Å². The van der Waals surface area contributed by atoms with Crippen LogP contribution in [0, 0.1) is 22.2 Å². The quantitative estimate of drug-likeness (QED) is 0.124. The van der Waals surface area contributed by atoms with Crippen molar-refractivity contribution in [3.05, 3.63) is 12.7 Å². The molecule has 0 saturated carbocycles. The number of imide groups is 1. The third-order valence-corrected chi connectivity index (χ3v) is 9.64. The number of likely N-dealkylation sites (tertiary alicyclic amines) is 2. The molecule has 1 unspecified atom stereocenters. The van der Waals surface area contributed by atoms with Crippen LogP contribution in [0.4, 0.5) is 4.79 Å². The van der Waals surface area contributed by atoms with Gasteiger partial charge in [-0.25, -0.2) is 4.79 Å². The molecule has 13 nitrogen and oxygen atoms in total. The predicted molar refractivity (Wildman–Crippen MR) is 182 cm³/mol. The van der Waals surface area contributed by atoms with Crippen molar-refractivity contribution in [1.29, 1.82) is 0 Å². The van der Waals surface area contributed by atoms with Gasteiger partial charge in [0.25, 0.3) is 5.91 Å². The molecule has 0 aromatic carbocycles. The first-order valence-electron chi connectivity index (χ1n) is 17.0. The number of nitrogens with two attached hydrogens (primary N) is 1. The second kappa shape index (κ2) is 16.1. The molecular formula is C35H58N6O7. The maximum Gasteiger partial charge on any atom is 0.315 e. The van der Waals surface area contributed by atoms with E-state index in [1.165, 1.54) is 9.80 Å². The Balaban J connectivity index is 2.41. The van der Waals surface area contributed by atoms with Gasteiger partial charge in [-0.1, -0.05) is 81.2 Å². The summed E-state index contributed by atoms with van der Waals surface area (Å²) in [4.78, 5) is 94.2. The molecule has 2 rings (SSSR count). The van der Waals surface area contributed by atoms with Gasteiger partial charge in [-0.05, 0) is 41.4 Å². The third-order valence-electron chi connectivity index (χ3n) is 9.64. The summed E-state index contributed by atoms with van der Waals surface area (Å²) in [6.45, 7) is 20.9. The lowest BCUT2D eigenvalue weighted by atomic mass is 9.74. The SMILES string of the molecule is C=CC(C)(C)[C@H]1CCN(C(=O)[C@@H](NC(=O)N[C@H](CN2C(=O)CCCC2=O)C(C)(C)C)C(C)(C)C)[C@@H]1C(=O)NC(CCCC)C(=O)C(N)=O. The van der Waals surface area contributed by atoms with Gasteiger partial charge in [0.05, 0.1) is 12.1 Å². The maximum absolute atomic E-state index is 14.4. The summed E-state index contributed by atoms with van der Waals surface area (Å²) < 4.78 is 0. The van der Waals surface area contributed by atoms with Crippen LogP contribution in [0.1, 0.15) is 107 Å². The number of urea groups is 1. The van der Waals surface area contributed by atoms with Crippen molar-refractivity contribution in [3.63, 3.8) is 0 Å². The van der Waals surface area contributed by atoms with Crippen molar-refractivity contribution in [2.24, 2.45) is 27.9 Å². The van der Waals surface area contributed by atoms with E-state index in [1.807, 2.05) is 41.5 Å². The molecule has 5 N–H and O–H groups in total. The van der Waals surface area contributed by atoms with Gasteiger partial charge in [0.1, 0.15) is 12.1 Å². The molecule has 7 amide bonds. The van der Waals surface area contributed by atoms with Crippen molar-refractivity contribution in [2.45, 2.75) is 131 Å². The molecule has 0 aromatic heterocycles. The average molecular weight is 675 g/mol. The minimum Gasteiger partial charge on any atom is -0.363 e. The first kappa shape index (κ1) is 40.4. The van der Waals surface area contributed by atoms with E-state index in [-0.39, 0.29) is 50.1 Å². The topological polar surface area (TPSA) is 188 Å².